The van der Waals surface area contributed by atoms with Crippen LogP contribution in [0.3, 0.4) is 0 Å². The van der Waals surface area contributed by atoms with Gasteiger partial charge in [-0.3, -0.25) is 0 Å². The first-order chi connectivity index (χ1) is 13.4. The zero-order valence-electron chi connectivity index (χ0n) is 16.9. The molecule has 4 aliphatic carbocycles. The molecule has 1 aromatic carbocycles. The molecule has 4 saturated carbocycles. The van der Waals surface area contributed by atoms with Gasteiger partial charge in [0.1, 0.15) is 16.6 Å². The second-order valence-corrected chi connectivity index (χ2v) is 12.8. The standard InChI is InChI=1S/C21H27ClFNO3S2/c1-20(2,27-17-5-4-15(23)8-16(17)22)19(28)24-18-13-6-12-7-14(18)11-21(9-12,10-13)29(3,25)26/h4-5,8,12-14,18H,6-7,9-11H2,1-3H3,(H,24,28). The van der Waals surface area contributed by atoms with Gasteiger partial charge >= 0.3 is 0 Å². The molecule has 1 N–H and O–H groups in total. The maximum absolute atomic E-state index is 13.3. The van der Waals surface area contributed by atoms with Crippen LogP contribution < -0.4 is 10.1 Å². The average Bonchev–Trinajstić information content (AvgIpc) is 2.59. The topological polar surface area (TPSA) is 55.4 Å². The molecule has 0 spiro atoms. The molecule has 1 aromatic rings. The molecular weight excluding hydrogens is 433 g/mol. The Morgan fingerprint density at radius 2 is 1.90 bits per heavy atom. The SMILES string of the molecule is CC(C)(Oc1ccc(F)cc1Cl)C(=S)NC1C2CC3CC1CC(S(C)(=O)=O)(C3)C2. The summed E-state index contributed by atoms with van der Waals surface area (Å²) >= 11 is 11.8. The van der Waals surface area contributed by atoms with Gasteiger partial charge < -0.3 is 10.1 Å². The minimum atomic E-state index is -3.08. The molecule has 0 aromatic heterocycles. The van der Waals surface area contributed by atoms with Crippen LogP contribution in [0.1, 0.15) is 46.0 Å². The minimum absolute atomic E-state index is 0.167. The van der Waals surface area contributed by atoms with E-state index in [4.69, 9.17) is 28.6 Å². The van der Waals surface area contributed by atoms with E-state index in [1.54, 1.807) is 0 Å². The van der Waals surface area contributed by atoms with E-state index < -0.39 is 26.0 Å². The van der Waals surface area contributed by atoms with E-state index >= 15 is 0 Å². The summed E-state index contributed by atoms with van der Waals surface area (Å²) in [6.07, 6.45) is 5.75. The number of hydrogen-bond donors (Lipinski definition) is 1. The molecule has 4 aliphatic rings. The van der Waals surface area contributed by atoms with E-state index in [-0.39, 0.29) is 11.1 Å². The highest BCUT2D eigenvalue weighted by atomic mass is 35.5. The van der Waals surface area contributed by atoms with Crippen molar-refractivity contribution in [2.45, 2.75) is 62.3 Å². The number of ether oxygens (including phenoxy) is 1. The molecule has 5 rings (SSSR count). The third-order valence-corrected chi connectivity index (χ3v) is 10.1. The maximum atomic E-state index is 13.3. The van der Waals surface area contributed by atoms with E-state index in [0.29, 0.717) is 41.3 Å². The van der Waals surface area contributed by atoms with Gasteiger partial charge in [-0.25, -0.2) is 12.8 Å². The van der Waals surface area contributed by atoms with Gasteiger partial charge in [0.2, 0.25) is 0 Å². The fourth-order valence-corrected chi connectivity index (χ4v) is 7.80. The fraction of sp³-hybridized carbons (Fsp3) is 0.667. The highest BCUT2D eigenvalue weighted by molar-refractivity contribution is 7.92. The number of halogens is 2. The quantitative estimate of drug-likeness (QED) is 0.655. The number of sulfone groups is 1. The molecule has 4 bridgehead atoms. The highest BCUT2D eigenvalue weighted by Crippen LogP contribution is 2.58. The summed E-state index contributed by atoms with van der Waals surface area (Å²) in [6, 6.07) is 4.18. The third-order valence-electron chi connectivity index (χ3n) is 7.11. The van der Waals surface area contributed by atoms with Crippen LogP contribution in [-0.4, -0.2) is 36.1 Å². The lowest BCUT2D eigenvalue weighted by molar-refractivity contribution is 0.00499. The summed E-state index contributed by atoms with van der Waals surface area (Å²) in [6.45, 7) is 3.71. The maximum Gasteiger partial charge on any atom is 0.153 e. The first-order valence-corrected chi connectivity index (χ1v) is 12.7. The van der Waals surface area contributed by atoms with Crippen LogP contribution in [0.5, 0.6) is 5.75 Å². The Bertz CT molecular complexity index is 933. The molecule has 0 saturated heterocycles. The summed E-state index contributed by atoms with van der Waals surface area (Å²) in [5.41, 5.74) is -0.833. The third kappa shape index (κ3) is 3.79. The summed E-state index contributed by atoms with van der Waals surface area (Å²) in [5.74, 6) is 1.06. The normalized spacial score (nSPS) is 33.6. The Hall–Kier alpha value is -0.920. The van der Waals surface area contributed by atoms with Gasteiger partial charge in [-0.15, -0.1) is 0 Å². The van der Waals surface area contributed by atoms with Crippen molar-refractivity contribution in [3.8, 4) is 5.75 Å². The van der Waals surface area contributed by atoms with E-state index in [0.717, 1.165) is 19.3 Å². The molecule has 4 nitrogen and oxygen atoms in total. The van der Waals surface area contributed by atoms with Crippen LogP contribution in [0.15, 0.2) is 18.2 Å². The molecule has 29 heavy (non-hydrogen) atoms. The lowest BCUT2D eigenvalue weighted by atomic mass is 9.53. The second kappa shape index (κ2) is 7.06. The Morgan fingerprint density at radius 1 is 1.28 bits per heavy atom. The molecule has 160 valence electrons. The van der Waals surface area contributed by atoms with Crippen molar-refractivity contribution in [3.63, 3.8) is 0 Å². The van der Waals surface area contributed by atoms with E-state index in [1.807, 2.05) is 13.8 Å². The predicted octanol–water partition coefficient (Wildman–Crippen LogP) is 4.55. The number of nitrogens with one attached hydrogen (secondary N) is 1. The molecule has 0 aliphatic heterocycles. The van der Waals surface area contributed by atoms with Crippen LogP contribution in [0.4, 0.5) is 4.39 Å². The van der Waals surface area contributed by atoms with Gasteiger partial charge in [-0.05, 0) is 81.9 Å². The highest BCUT2D eigenvalue weighted by Gasteiger charge is 2.59. The fourth-order valence-electron chi connectivity index (χ4n) is 5.84. The van der Waals surface area contributed by atoms with Crippen molar-refractivity contribution in [1.29, 1.82) is 0 Å². The van der Waals surface area contributed by atoms with Crippen molar-refractivity contribution in [2.24, 2.45) is 17.8 Å². The number of rotatable bonds is 5. The Balaban J connectivity index is 1.49. The summed E-state index contributed by atoms with van der Waals surface area (Å²) < 4.78 is 43.8. The van der Waals surface area contributed by atoms with Crippen LogP contribution in [0.25, 0.3) is 0 Å². The van der Waals surface area contributed by atoms with Gasteiger partial charge in [0.15, 0.2) is 15.4 Å². The van der Waals surface area contributed by atoms with Crippen LogP contribution in [0.2, 0.25) is 5.02 Å². The van der Waals surface area contributed by atoms with Crippen LogP contribution >= 0.6 is 23.8 Å². The molecular formula is C21H27ClFNO3S2. The smallest absolute Gasteiger partial charge is 0.153 e. The molecule has 0 amide bonds. The summed E-state index contributed by atoms with van der Waals surface area (Å²) in [5, 5.41) is 3.72. The Kier molecular flexibility index (Phi) is 5.19. The lowest BCUT2D eigenvalue weighted by Crippen LogP contribution is -2.65. The first kappa shape index (κ1) is 21.3. The number of thiocarbonyl (C=S) groups is 1. The lowest BCUT2D eigenvalue weighted by Gasteiger charge is -2.59. The van der Waals surface area contributed by atoms with Crippen LogP contribution in [-0.2, 0) is 9.84 Å². The molecule has 0 radical (unpaired) electrons. The zero-order valence-corrected chi connectivity index (χ0v) is 19.3. The van der Waals surface area contributed by atoms with Gasteiger partial charge in [0, 0.05) is 12.3 Å². The Morgan fingerprint density at radius 3 is 2.45 bits per heavy atom. The molecule has 0 heterocycles. The van der Waals surface area contributed by atoms with E-state index in [9.17, 15) is 12.8 Å². The molecule has 8 heteroatoms. The molecule has 2 atom stereocenters. The van der Waals surface area contributed by atoms with Crippen LogP contribution in [0, 0.1) is 23.6 Å². The average molecular weight is 460 g/mol. The van der Waals surface area contributed by atoms with Crippen molar-refractivity contribution < 1.29 is 17.5 Å². The van der Waals surface area contributed by atoms with Crippen molar-refractivity contribution >= 4 is 38.6 Å². The Labute approximate surface area is 182 Å². The number of benzene rings is 1. The monoisotopic (exact) mass is 459 g/mol. The summed E-state index contributed by atoms with van der Waals surface area (Å²) in [4.78, 5) is 0.559. The minimum Gasteiger partial charge on any atom is -0.479 e. The molecule has 4 fully saturated rings. The van der Waals surface area contributed by atoms with Crippen molar-refractivity contribution in [3.05, 3.63) is 29.0 Å². The van der Waals surface area contributed by atoms with Gasteiger partial charge in [-0.2, -0.15) is 0 Å². The zero-order chi connectivity index (χ0) is 21.2. The molecule has 2 unspecified atom stereocenters. The van der Waals surface area contributed by atoms with Crippen molar-refractivity contribution in [1.82, 2.24) is 5.32 Å². The van der Waals surface area contributed by atoms with Crippen molar-refractivity contribution in [2.75, 3.05) is 6.26 Å². The first-order valence-electron chi connectivity index (χ1n) is 10.0. The largest absolute Gasteiger partial charge is 0.479 e. The second-order valence-electron chi connectivity index (χ2n) is 9.61. The summed E-state index contributed by atoms with van der Waals surface area (Å²) in [7, 11) is -3.08. The van der Waals surface area contributed by atoms with E-state index in [2.05, 4.69) is 5.32 Å². The van der Waals surface area contributed by atoms with Gasteiger partial charge in [-0.1, -0.05) is 23.8 Å². The predicted molar refractivity (Wildman–Crippen MR) is 117 cm³/mol. The van der Waals surface area contributed by atoms with E-state index in [1.165, 1.54) is 24.5 Å². The van der Waals surface area contributed by atoms with Gasteiger partial charge in [0.25, 0.3) is 0 Å². The van der Waals surface area contributed by atoms with Gasteiger partial charge in [0.05, 0.1) is 9.77 Å². The number of hydrogen-bond acceptors (Lipinski definition) is 4.